The SMILES string of the molecule is Cn1ccnc1-n1ccc(N)n1. The molecule has 0 fully saturated rings. The summed E-state index contributed by atoms with van der Waals surface area (Å²) < 4.78 is 3.50. The van der Waals surface area contributed by atoms with Crippen molar-refractivity contribution in [2.45, 2.75) is 0 Å². The van der Waals surface area contributed by atoms with Crippen LogP contribution in [0.25, 0.3) is 5.95 Å². The van der Waals surface area contributed by atoms with Gasteiger partial charge in [0.15, 0.2) is 0 Å². The Labute approximate surface area is 69.4 Å². The van der Waals surface area contributed by atoms with E-state index in [1.165, 1.54) is 0 Å². The summed E-state index contributed by atoms with van der Waals surface area (Å²) in [6.45, 7) is 0. The maximum absolute atomic E-state index is 5.47. The van der Waals surface area contributed by atoms with E-state index in [2.05, 4.69) is 10.1 Å². The van der Waals surface area contributed by atoms with Gasteiger partial charge in [-0.1, -0.05) is 0 Å². The van der Waals surface area contributed by atoms with Gasteiger partial charge in [0.25, 0.3) is 0 Å². The molecule has 2 heterocycles. The largest absolute Gasteiger partial charge is 0.382 e. The molecule has 12 heavy (non-hydrogen) atoms. The first-order valence-electron chi connectivity index (χ1n) is 3.56. The third kappa shape index (κ3) is 0.952. The van der Waals surface area contributed by atoms with Gasteiger partial charge in [0.05, 0.1) is 0 Å². The molecule has 5 heteroatoms. The van der Waals surface area contributed by atoms with Crippen LogP contribution < -0.4 is 5.73 Å². The maximum atomic E-state index is 5.47. The lowest BCUT2D eigenvalue weighted by Crippen LogP contribution is -2.03. The number of nitrogen functional groups attached to an aromatic ring is 1. The summed E-state index contributed by atoms with van der Waals surface area (Å²) in [4.78, 5) is 4.11. The lowest BCUT2D eigenvalue weighted by Gasteiger charge is -1.98. The minimum Gasteiger partial charge on any atom is -0.382 e. The van der Waals surface area contributed by atoms with Crippen molar-refractivity contribution in [2.75, 3.05) is 5.73 Å². The van der Waals surface area contributed by atoms with E-state index in [1.807, 2.05) is 17.8 Å². The molecule has 0 aliphatic carbocycles. The summed E-state index contributed by atoms with van der Waals surface area (Å²) in [5.74, 6) is 1.25. The summed E-state index contributed by atoms with van der Waals surface area (Å²) in [5.41, 5.74) is 5.47. The standard InChI is InChI=1S/C7H9N5/c1-11-5-3-9-7(11)12-4-2-6(8)10-12/h2-5H,1H3,(H2,8,10). The third-order valence-corrected chi connectivity index (χ3v) is 1.61. The zero-order valence-electron chi connectivity index (χ0n) is 6.68. The van der Waals surface area contributed by atoms with E-state index in [4.69, 9.17) is 5.73 Å². The fourth-order valence-corrected chi connectivity index (χ4v) is 1.03. The van der Waals surface area contributed by atoms with Crippen molar-refractivity contribution in [2.24, 2.45) is 7.05 Å². The van der Waals surface area contributed by atoms with Gasteiger partial charge >= 0.3 is 0 Å². The van der Waals surface area contributed by atoms with E-state index < -0.39 is 0 Å². The highest BCUT2D eigenvalue weighted by atomic mass is 15.4. The first kappa shape index (κ1) is 6.90. The van der Waals surface area contributed by atoms with Crippen LogP contribution >= 0.6 is 0 Å². The molecule has 0 atom stereocenters. The van der Waals surface area contributed by atoms with Crippen molar-refractivity contribution in [3.63, 3.8) is 0 Å². The van der Waals surface area contributed by atoms with Crippen molar-refractivity contribution in [1.82, 2.24) is 19.3 Å². The summed E-state index contributed by atoms with van der Waals surface area (Å²) in [6.07, 6.45) is 5.35. The monoisotopic (exact) mass is 163 g/mol. The van der Waals surface area contributed by atoms with Crippen LogP contribution in [0.15, 0.2) is 24.7 Å². The van der Waals surface area contributed by atoms with Crippen LogP contribution in [0.3, 0.4) is 0 Å². The number of hydrogen-bond acceptors (Lipinski definition) is 3. The first-order valence-corrected chi connectivity index (χ1v) is 3.56. The number of aromatic nitrogens is 4. The van der Waals surface area contributed by atoms with Gasteiger partial charge in [-0.05, 0) is 0 Å². The zero-order chi connectivity index (χ0) is 8.55. The van der Waals surface area contributed by atoms with Crippen LogP contribution in [-0.2, 0) is 7.05 Å². The second-order valence-corrected chi connectivity index (χ2v) is 2.52. The first-order chi connectivity index (χ1) is 5.77. The summed E-state index contributed by atoms with van der Waals surface area (Å²) in [6, 6.07) is 1.73. The van der Waals surface area contributed by atoms with Gasteiger partial charge in [-0.3, -0.25) is 0 Å². The smallest absolute Gasteiger partial charge is 0.230 e. The Balaban J connectivity index is 2.50. The topological polar surface area (TPSA) is 61.7 Å². The predicted molar refractivity (Wildman–Crippen MR) is 44.7 cm³/mol. The average molecular weight is 163 g/mol. The number of anilines is 1. The van der Waals surface area contributed by atoms with E-state index >= 15 is 0 Å². The molecule has 2 aromatic rings. The molecule has 0 saturated heterocycles. The van der Waals surface area contributed by atoms with Crippen molar-refractivity contribution in [3.8, 4) is 5.95 Å². The highest BCUT2D eigenvalue weighted by Crippen LogP contribution is 2.03. The summed E-state index contributed by atoms with van der Waals surface area (Å²) in [7, 11) is 1.90. The quantitative estimate of drug-likeness (QED) is 0.652. The molecule has 0 spiro atoms. The summed E-state index contributed by atoms with van der Waals surface area (Å²) >= 11 is 0. The van der Waals surface area contributed by atoms with Gasteiger partial charge in [-0.25, -0.2) is 9.67 Å². The molecule has 0 saturated carbocycles. The molecule has 0 radical (unpaired) electrons. The van der Waals surface area contributed by atoms with Crippen LogP contribution in [-0.4, -0.2) is 19.3 Å². The number of nitrogens with zero attached hydrogens (tertiary/aromatic N) is 4. The Hall–Kier alpha value is -1.78. The van der Waals surface area contributed by atoms with E-state index in [0.29, 0.717) is 5.82 Å². The Bertz CT molecular complexity index is 386. The minimum absolute atomic E-state index is 0.498. The zero-order valence-corrected chi connectivity index (χ0v) is 6.68. The number of hydrogen-bond donors (Lipinski definition) is 1. The second kappa shape index (κ2) is 2.37. The van der Waals surface area contributed by atoms with Crippen LogP contribution in [0.1, 0.15) is 0 Å². The molecule has 0 aliphatic heterocycles. The lowest BCUT2D eigenvalue weighted by atomic mass is 10.7. The van der Waals surface area contributed by atoms with Crippen LogP contribution in [0, 0.1) is 0 Å². The lowest BCUT2D eigenvalue weighted by molar-refractivity contribution is 0.752. The van der Waals surface area contributed by atoms with Crippen molar-refractivity contribution in [3.05, 3.63) is 24.7 Å². The van der Waals surface area contributed by atoms with Crippen LogP contribution in [0.5, 0.6) is 0 Å². The van der Waals surface area contributed by atoms with E-state index in [9.17, 15) is 0 Å². The minimum atomic E-state index is 0.498. The van der Waals surface area contributed by atoms with Crippen LogP contribution in [0.4, 0.5) is 5.82 Å². The predicted octanol–water partition coefficient (Wildman–Crippen LogP) is 0.188. The molecule has 2 aromatic heterocycles. The van der Waals surface area contributed by atoms with Crippen LogP contribution in [0.2, 0.25) is 0 Å². The van der Waals surface area contributed by atoms with E-state index in [1.54, 1.807) is 23.1 Å². The molecule has 0 amide bonds. The average Bonchev–Trinajstić information content (AvgIpc) is 2.58. The fraction of sp³-hybridized carbons (Fsp3) is 0.143. The van der Waals surface area contributed by atoms with E-state index in [0.717, 1.165) is 5.95 Å². The molecule has 0 unspecified atom stereocenters. The highest BCUT2D eigenvalue weighted by Gasteiger charge is 2.01. The number of imidazole rings is 1. The third-order valence-electron chi connectivity index (χ3n) is 1.61. The molecule has 2 rings (SSSR count). The Morgan fingerprint density at radius 3 is 2.75 bits per heavy atom. The summed E-state index contributed by atoms with van der Waals surface area (Å²) in [5, 5.41) is 4.03. The molecule has 0 aliphatic rings. The van der Waals surface area contributed by atoms with Gasteiger partial charge in [0.2, 0.25) is 5.95 Å². The van der Waals surface area contributed by atoms with Gasteiger partial charge in [-0.2, -0.15) is 0 Å². The number of aryl methyl sites for hydroxylation is 1. The number of rotatable bonds is 1. The van der Waals surface area contributed by atoms with Gasteiger partial charge in [-0.15, -0.1) is 5.10 Å². The molecular formula is C7H9N5. The number of nitrogens with two attached hydrogens (primary N) is 1. The Kier molecular flexibility index (Phi) is 1.36. The van der Waals surface area contributed by atoms with Crippen molar-refractivity contribution in [1.29, 1.82) is 0 Å². The molecule has 5 nitrogen and oxygen atoms in total. The molecular weight excluding hydrogens is 154 g/mol. The molecule has 0 aromatic carbocycles. The second-order valence-electron chi connectivity index (χ2n) is 2.52. The van der Waals surface area contributed by atoms with Gasteiger partial charge in [0.1, 0.15) is 5.82 Å². The maximum Gasteiger partial charge on any atom is 0.230 e. The van der Waals surface area contributed by atoms with E-state index in [-0.39, 0.29) is 0 Å². The molecule has 2 N–H and O–H groups in total. The Morgan fingerprint density at radius 2 is 2.25 bits per heavy atom. The van der Waals surface area contributed by atoms with Gasteiger partial charge < -0.3 is 10.3 Å². The Morgan fingerprint density at radius 1 is 1.42 bits per heavy atom. The van der Waals surface area contributed by atoms with Crippen molar-refractivity contribution < 1.29 is 0 Å². The fourth-order valence-electron chi connectivity index (χ4n) is 1.03. The highest BCUT2D eigenvalue weighted by molar-refractivity contribution is 5.27. The molecule has 0 bridgehead atoms. The van der Waals surface area contributed by atoms with Gasteiger partial charge in [0, 0.05) is 31.7 Å². The van der Waals surface area contributed by atoms with Crippen molar-refractivity contribution >= 4 is 5.82 Å². The normalized spacial score (nSPS) is 10.4. The molecule has 62 valence electrons.